The molecule has 1 amide bonds. The van der Waals surface area contributed by atoms with Crippen LogP contribution in [0.15, 0.2) is 60.8 Å². The molecule has 0 bridgehead atoms. The number of nitrogens with zero attached hydrogens (tertiary/aromatic N) is 2. The van der Waals surface area contributed by atoms with Gasteiger partial charge in [0.05, 0.1) is 0 Å². The minimum atomic E-state index is -0.337. The lowest BCUT2D eigenvalue weighted by Gasteiger charge is -2.09. The maximum Gasteiger partial charge on any atom is 0.251 e. The van der Waals surface area contributed by atoms with Crippen LogP contribution in [-0.2, 0) is 0 Å². The Hall–Kier alpha value is -3.28. The number of hydrogen-bond acceptors (Lipinski definition) is 4. The van der Waals surface area contributed by atoms with Gasteiger partial charge in [-0.2, -0.15) is 0 Å². The number of carbonyl (C=O) groups is 1. The number of aromatic nitrogens is 2. The van der Waals surface area contributed by atoms with E-state index in [2.05, 4.69) is 27.5 Å². The highest BCUT2D eigenvalue weighted by atomic mass is 19.1. The molecule has 1 aromatic heterocycles. The molecule has 0 atom stereocenters. The summed E-state index contributed by atoms with van der Waals surface area (Å²) < 4.78 is 13.4. The minimum Gasteiger partial charge on any atom is -0.352 e. The Morgan fingerprint density at radius 1 is 1.11 bits per heavy atom. The number of anilines is 2. The Morgan fingerprint density at radius 2 is 1.96 bits per heavy atom. The van der Waals surface area contributed by atoms with Crippen LogP contribution in [0.2, 0.25) is 0 Å². The van der Waals surface area contributed by atoms with Gasteiger partial charge in [-0.25, -0.2) is 14.4 Å². The van der Waals surface area contributed by atoms with Gasteiger partial charge in [0.2, 0.25) is 0 Å². The molecule has 0 spiro atoms. The maximum atomic E-state index is 13.4. The van der Waals surface area contributed by atoms with E-state index in [1.165, 1.54) is 12.1 Å². The summed E-state index contributed by atoms with van der Waals surface area (Å²) in [7, 11) is 0. The van der Waals surface area contributed by atoms with Crippen LogP contribution in [0.4, 0.5) is 15.9 Å². The van der Waals surface area contributed by atoms with Gasteiger partial charge in [-0.3, -0.25) is 4.79 Å². The third-order valence-corrected chi connectivity index (χ3v) is 3.95. The molecular formula is C21H21FN4O. The number of rotatable bonds is 7. The molecule has 5 nitrogen and oxygen atoms in total. The highest BCUT2D eigenvalue weighted by Gasteiger charge is 2.07. The lowest BCUT2D eigenvalue weighted by Crippen LogP contribution is -2.24. The SMILES string of the molecule is CCCCNC(=O)c1cccc(Nc2ccnc(-c3cccc(F)c3)n2)c1. The fraction of sp³-hybridized carbons (Fsp3) is 0.190. The zero-order valence-electron chi connectivity index (χ0n) is 15.1. The molecule has 6 heteroatoms. The Balaban J connectivity index is 1.75. The molecule has 2 aromatic carbocycles. The number of unbranched alkanes of at least 4 members (excludes halogenated alkanes) is 1. The monoisotopic (exact) mass is 364 g/mol. The molecule has 0 saturated heterocycles. The first kappa shape index (κ1) is 18.5. The normalized spacial score (nSPS) is 10.4. The second-order valence-electron chi connectivity index (χ2n) is 6.09. The predicted molar refractivity (Wildman–Crippen MR) is 104 cm³/mol. The van der Waals surface area contributed by atoms with E-state index in [4.69, 9.17) is 0 Å². The Bertz CT molecular complexity index is 929. The van der Waals surface area contributed by atoms with Crippen LogP contribution in [0.25, 0.3) is 11.4 Å². The van der Waals surface area contributed by atoms with Crippen LogP contribution in [0, 0.1) is 5.82 Å². The number of nitrogens with one attached hydrogen (secondary N) is 2. The largest absolute Gasteiger partial charge is 0.352 e. The first-order chi connectivity index (χ1) is 13.2. The standard InChI is InChI=1S/C21H21FN4O/c1-2-3-11-24-21(27)16-7-5-9-18(14-16)25-19-10-12-23-20(26-19)15-6-4-8-17(22)13-15/h4-10,12-14H,2-3,11H2,1H3,(H,24,27)(H,23,25,26). The molecule has 0 saturated carbocycles. The quantitative estimate of drug-likeness (QED) is 0.603. The van der Waals surface area contributed by atoms with Crippen molar-refractivity contribution in [1.82, 2.24) is 15.3 Å². The third-order valence-electron chi connectivity index (χ3n) is 3.95. The van der Waals surface area contributed by atoms with Crippen LogP contribution in [-0.4, -0.2) is 22.4 Å². The molecule has 27 heavy (non-hydrogen) atoms. The van der Waals surface area contributed by atoms with Gasteiger partial charge in [0, 0.05) is 29.6 Å². The average Bonchev–Trinajstić information content (AvgIpc) is 2.68. The molecule has 0 aliphatic heterocycles. The summed E-state index contributed by atoms with van der Waals surface area (Å²) in [5.41, 5.74) is 1.92. The van der Waals surface area contributed by atoms with Crippen molar-refractivity contribution >= 4 is 17.4 Å². The van der Waals surface area contributed by atoms with Crippen molar-refractivity contribution in [2.24, 2.45) is 0 Å². The molecule has 138 valence electrons. The van der Waals surface area contributed by atoms with Crippen molar-refractivity contribution in [3.63, 3.8) is 0 Å². The average molecular weight is 364 g/mol. The molecular weight excluding hydrogens is 343 g/mol. The van der Waals surface area contributed by atoms with E-state index in [9.17, 15) is 9.18 Å². The van der Waals surface area contributed by atoms with E-state index >= 15 is 0 Å². The zero-order valence-corrected chi connectivity index (χ0v) is 15.1. The summed E-state index contributed by atoms with van der Waals surface area (Å²) in [6.45, 7) is 2.74. The van der Waals surface area contributed by atoms with E-state index in [1.807, 2.05) is 12.1 Å². The summed E-state index contributed by atoms with van der Waals surface area (Å²) in [5, 5.41) is 6.07. The summed E-state index contributed by atoms with van der Waals surface area (Å²) in [6, 6.07) is 15.1. The molecule has 2 N–H and O–H groups in total. The van der Waals surface area contributed by atoms with Gasteiger partial charge < -0.3 is 10.6 Å². The zero-order chi connectivity index (χ0) is 19.1. The Morgan fingerprint density at radius 3 is 2.78 bits per heavy atom. The predicted octanol–water partition coefficient (Wildman–Crippen LogP) is 4.56. The highest BCUT2D eigenvalue weighted by Crippen LogP contribution is 2.20. The van der Waals surface area contributed by atoms with Crippen LogP contribution in [0.5, 0.6) is 0 Å². The van der Waals surface area contributed by atoms with Crippen molar-refractivity contribution in [1.29, 1.82) is 0 Å². The van der Waals surface area contributed by atoms with Crippen molar-refractivity contribution in [2.75, 3.05) is 11.9 Å². The molecule has 3 aromatic rings. The lowest BCUT2D eigenvalue weighted by molar-refractivity contribution is 0.0953. The molecule has 0 unspecified atom stereocenters. The van der Waals surface area contributed by atoms with Crippen molar-refractivity contribution in [3.8, 4) is 11.4 Å². The molecule has 0 aliphatic rings. The second kappa shape index (κ2) is 8.89. The first-order valence-electron chi connectivity index (χ1n) is 8.90. The van der Waals surface area contributed by atoms with Crippen LogP contribution in [0.3, 0.4) is 0 Å². The van der Waals surface area contributed by atoms with Gasteiger partial charge in [-0.15, -0.1) is 0 Å². The second-order valence-corrected chi connectivity index (χ2v) is 6.09. The van der Waals surface area contributed by atoms with Gasteiger partial charge in [-0.05, 0) is 42.8 Å². The first-order valence-corrected chi connectivity index (χ1v) is 8.90. The molecule has 1 heterocycles. The van der Waals surface area contributed by atoms with Gasteiger partial charge >= 0.3 is 0 Å². The Labute approximate surface area is 157 Å². The van der Waals surface area contributed by atoms with E-state index in [0.717, 1.165) is 18.5 Å². The van der Waals surface area contributed by atoms with Gasteiger partial charge in [-0.1, -0.05) is 31.5 Å². The summed E-state index contributed by atoms with van der Waals surface area (Å²) >= 11 is 0. The highest BCUT2D eigenvalue weighted by molar-refractivity contribution is 5.95. The molecule has 3 rings (SSSR count). The summed E-state index contributed by atoms with van der Waals surface area (Å²) in [5.74, 6) is 0.548. The van der Waals surface area contributed by atoms with Gasteiger partial charge in [0.1, 0.15) is 11.6 Å². The third kappa shape index (κ3) is 5.10. The smallest absolute Gasteiger partial charge is 0.251 e. The topological polar surface area (TPSA) is 66.9 Å². The molecule has 0 fully saturated rings. The van der Waals surface area contributed by atoms with E-state index in [1.54, 1.807) is 36.5 Å². The maximum absolute atomic E-state index is 13.4. The van der Waals surface area contributed by atoms with Crippen LogP contribution < -0.4 is 10.6 Å². The minimum absolute atomic E-state index is 0.102. The number of carbonyl (C=O) groups excluding carboxylic acids is 1. The van der Waals surface area contributed by atoms with Crippen LogP contribution >= 0.6 is 0 Å². The fourth-order valence-corrected chi connectivity index (χ4v) is 2.56. The molecule has 0 radical (unpaired) electrons. The molecule has 0 aliphatic carbocycles. The fourth-order valence-electron chi connectivity index (χ4n) is 2.56. The van der Waals surface area contributed by atoms with E-state index < -0.39 is 0 Å². The van der Waals surface area contributed by atoms with Crippen molar-refractivity contribution < 1.29 is 9.18 Å². The van der Waals surface area contributed by atoms with Crippen LogP contribution in [0.1, 0.15) is 30.1 Å². The number of halogens is 1. The van der Waals surface area contributed by atoms with Crippen molar-refractivity contribution in [2.45, 2.75) is 19.8 Å². The van der Waals surface area contributed by atoms with Crippen molar-refractivity contribution in [3.05, 3.63) is 72.2 Å². The van der Waals surface area contributed by atoms with E-state index in [0.29, 0.717) is 29.3 Å². The number of amides is 1. The van der Waals surface area contributed by atoms with Gasteiger partial charge in [0.25, 0.3) is 5.91 Å². The van der Waals surface area contributed by atoms with Gasteiger partial charge in [0.15, 0.2) is 5.82 Å². The number of benzene rings is 2. The summed E-state index contributed by atoms with van der Waals surface area (Å²) in [4.78, 5) is 20.8. The summed E-state index contributed by atoms with van der Waals surface area (Å²) in [6.07, 6.45) is 3.59. The van der Waals surface area contributed by atoms with E-state index in [-0.39, 0.29) is 11.7 Å². The number of hydrogen-bond donors (Lipinski definition) is 2. The Kier molecular flexibility index (Phi) is 6.10. The lowest BCUT2D eigenvalue weighted by atomic mass is 10.2.